The van der Waals surface area contributed by atoms with Gasteiger partial charge in [0.15, 0.2) is 5.16 Å². The van der Waals surface area contributed by atoms with E-state index in [9.17, 15) is 4.79 Å². The molecule has 0 bridgehead atoms. The second kappa shape index (κ2) is 7.37. The standard InChI is InChI=1S/C19H23N5OS/c1-12-6-7-16(13(2)10-12)24-9-8-20-19(24)26-11-17(25)21-18-14(3)22-23(5)15(18)4/h6-10H,11H2,1-5H3,(H,21,25). The maximum atomic E-state index is 12.4. The molecule has 0 aliphatic carbocycles. The van der Waals surface area contributed by atoms with E-state index in [0.717, 1.165) is 27.9 Å². The Morgan fingerprint density at radius 3 is 2.65 bits per heavy atom. The molecule has 3 rings (SSSR count). The number of nitrogens with zero attached hydrogens (tertiary/aromatic N) is 4. The monoisotopic (exact) mass is 369 g/mol. The molecule has 6 nitrogen and oxygen atoms in total. The Bertz CT molecular complexity index is 957. The molecule has 3 aromatic rings. The smallest absolute Gasteiger partial charge is 0.234 e. The fourth-order valence-corrected chi connectivity index (χ4v) is 3.68. The second-order valence-corrected chi connectivity index (χ2v) is 7.32. The van der Waals surface area contributed by atoms with Crippen LogP contribution in [-0.2, 0) is 11.8 Å². The fraction of sp³-hybridized carbons (Fsp3) is 0.316. The van der Waals surface area contributed by atoms with E-state index in [4.69, 9.17) is 0 Å². The molecule has 0 radical (unpaired) electrons. The van der Waals surface area contributed by atoms with E-state index in [2.05, 4.69) is 47.4 Å². The van der Waals surface area contributed by atoms with Gasteiger partial charge in [-0.1, -0.05) is 29.5 Å². The number of thioether (sulfide) groups is 1. The molecule has 26 heavy (non-hydrogen) atoms. The van der Waals surface area contributed by atoms with Crippen molar-refractivity contribution in [1.29, 1.82) is 0 Å². The van der Waals surface area contributed by atoms with E-state index in [-0.39, 0.29) is 11.7 Å². The number of anilines is 1. The van der Waals surface area contributed by atoms with Gasteiger partial charge in [-0.25, -0.2) is 4.98 Å². The number of imidazole rings is 1. The lowest BCUT2D eigenvalue weighted by atomic mass is 10.1. The summed E-state index contributed by atoms with van der Waals surface area (Å²) in [5.74, 6) is 0.222. The molecule has 0 aliphatic heterocycles. The lowest BCUT2D eigenvalue weighted by Gasteiger charge is -2.11. The summed E-state index contributed by atoms with van der Waals surface area (Å²) in [4.78, 5) is 16.8. The number of aromatic nitrogens is 4. The first kappa shape index (κ1) is 18.3. The van der Waals surface area contributed by atoms with Crippen LogP contribution in [0.5, 0.6) is 0 Å². The van der Waals surface area contributed by atoms with Gasteiger partial charge >= 0.3 is 0 Å². The van der Waals surface area contributed by atoms with E-state index >= 15 is 0 Å². The number of carbonyl (C=O) groups excluding carboxylic acids is 1. The van der Waals surface area contributed by atoms with Gasteiger partial charge in [-0.2, -0.15) is 5.10 Å². The van der Waals surface area contributed by atoms with Gasteiger partial charge in [0.25, 0.3) is 0 Å². The largest absolute Gasteiger partial charge is 0.322 e. The zero-order chi connectivity index (χ0) is 18.8. The zero-order valence-electron chi connectivity index (χ0n) is 15.7. The van der Waals surface area contributed by atoms with Crippen molar-refractivity contribution in [3.8, 4) is 5.69 Å². The highest BCUT2D eigenvalue weighted by Gasteiger charge is 2.14. The normalized spacial score (nSPS) is 11.0. The number of aryl methyl sites for hydroxylation is 4. The maximum Gasteiger partial charge on any atom is 0.234 e. The number of hydrogen-bond acceptors (Lipinski definition) is 4. The summed E-state index contributed by atoms with van der Waals surface area (Å²) >= 11 is 1.42. The summed E-state index contributed by atoms with van der Waals surface area (Å²) in [6.45, 7) is 7.99. The molecule has 1 N–H and O–H groups in total. The topological polar surface area (TPSA) is 64.7 Å². The van der Waals surface area contributed by atoms with Crippen molar-refractivity contribution in [2.45, 2.75) is 32.9 Å². The quantitative estimate of drug-likeness (QED) is 0.698. The molecule has 1 aromatic carbocycles. The van der Waals surface area contributed by atoms with Crippen molar-refractivity contribution in [2.24, 2.45) is 7.05 Å². The van der Waals surface area contributed by atoms with Gasteiger partial charge in [-0.05, 0) is 39.3 Å². The molecule has 0 fully saturated rings. The van der Waals surface area contributed by atoms with Crippen LogP contribution in [0, 0.1) is 27.7 Å². The first-order valence-electron chi connectivity index (χ1n) is 8.40. The Kier molecular flexibility index (Phi) is 5.18. The molecule has 0 aliphatic rings. The lowest BCUT2D eigenvalue weighted by Crippen LogP contribution is -2.15. The van der Waals surface area contributed by atoms with E-state index in [0.29, 0.717) is 0 Å². The Morgan fingerprint density at radius 1 is 1.23 bits per heavy atom. The molecule has 1 amide bonds. The third-order valence-electron chi connectivity index (χ3n) is 4.32. The Balaban J connectivity index is 1.71. The van der Waals surface area contributed by atoms with E-state index in [1.807, 2.05) is 31.7 Å². The van der Waals surface area contributed by atoms with Crippen molar-refractivity contribution >= 4 is 23.4 Å². The van der Waals surface area contributed by atoms with Crippen molar-refractivity contribution in [2.75, 3.05) is 11.1 Å². The first-order chi connectivity index (χ1) is 12.4. The average molecular weight is 369 g/mol. The second-order valence-electron chi connectivity index (χ2n) is 6.38. The van der Waals surface area contributed by atoms with Crippen LogP contribution in [-0.4, -0.2) is 31.0 Å². The predicted octanol–water partition coefficient (Wildman–Crippen LogP) is 3.57. The molecule has 0 saturated carbocycles. The molecular weight excluding hydrogens is 346 g/mol. The minimum Gasteiger partial charge on any atom is -0.322 e. The minimum atomic E-state index is -0.0654. The first-order valence-corrected chi connectivity index (χ1v) is 9.39. The van der Waals surface area contributed by atoms with Crippen LogP contribution in [0.25, 0.3) is 5.69 Å². The van der Waals surface area contributed by atoms with Crippen LogP contribution in [0.1, 0.15) is 22.5 Å². The molecule has 0 atom stereocenters. The molecule has 0 unspecified atom stereocenters. The SMILES string of the molecule is Cc1ccc(-n2ccnc2SCC(=O)Nc2c(C)nn(C)c2C)c(C)c1. The van der Waals surface area contributed by atoms with E-state index in [1.54, 1.807) is 10.9 Å². The molecule has 7 heteroatoms. The highest BCUT2D eigenvalue weighted by Crippen LogP contribution is 2.24. The fourth-order valence-electron chi connectivity index (χ4n) is 2.92. The van der Waals surface area contributed by atoms with E-state index < -0.39 is 0 Å². The average Bonchev–Trinajstić information content (AvgIpc) is 3.13. The van der Waals surface area contributed by atoms with Gasteiger partial charge in [0, 0.05) is 19.4 Å². The van der Waals surface area contributed by atoms with Gasteiger partial charge in [0.2, 0.25) is 5.91 Å². The Morgan fingerprint density at radius 2 is 2.00 bits per heavy atom. The highest BCUT2D eigenvalue weighted by atomic mass is 32.2. The van der Waals surface area contributed by atoms with Crippen LogP contribution in [0.4, 0.5) is 5.69 Å². The van der Waals surface area contributed by atoms with Gasteiger partial charge in [-0.15, -0.1) is 0 Å². The van der Waals surface area contributed by atoms with Crippen LogP contribution in [0.2, 0.25) is 0 Å². The zero-order valence-corrected chi connectivity index (χ0v) is 16.5. The summed E-state index contributed by atoms with van der Waals surface area (Å²) in [6.07, 6.45) is 3.68. The van der Waals surface area contributed by atoms with Crippen molar-refractivity contribution in [3.63, 3.8) is 0 Å². The molecule has 2 aromatic heterocycles. The van der Waals surface area contributed by atoms with Crippen molar-refractivity contribution in [1.82, 2.24) is 19.3 Å². The Labute approximate surface area is 157 Å². The number of hydrogen-bond donors (Lipinski definition) is 1. The summed E-state index contributed by atoms with van der Waals surface area (Å²) < 4.78 is 3.79. The Hall–Kier alpha value is -2.54. The van der Waals surface area contributed by atoms with Crippen LogP contribution >= 0.6 is 11.8 Å². The number of rotatable bonds is 5. The number of nitrogens with one attached hydrogen (secondary N) is 1. The van der Waals surface area contributed by atoms with Crippen molar-refractivity contribution in [3.05, 3.63) is 53.1 Å². The minimum absolute atomic E-state index is 0.0654. The predicted molar refractivity (Wildman–Crippen MR) is 105 cm³/mol. The lowest BCUT2D eigenvalue weighted by molar-refractivity contribution is -0.113. The molecular formula is C19H23N5OS. The van der Waals surface area contributed by atoms with Crippen LogP contribution in [0.15, 0.2) is 35.7 Å². The van der Waals surface area contributed by atoms with Gasteiger partial charge < -0.3 is 5.32 Å². The summed E-state index contributed by atoms with van der Waals surface area (Å²) in [7, 11) is 1.87. The van der Waals surface area contributed by atoms with Gasteiger partial charge in [0.05, 0.1) is 28.5 Å². The van der Waals surface area contributed by atoms with Crippen LogP contribution in [0.3, 0.4) is 0 Å². The van der Waals surface area contributed by atoms with E-state index in [1.165, 1.54) is 22.9 Å². The molecule has 0 saturated heterocycles. The molecule has 2 heterocycles. The van der Waals surface area contributed by atoms with Gasteiger partial charge in [-0.3, -0.25) is 14.0 Å². The molecule has 0 spiro atoms. The van der Waals surface area contributed by atoms with Gasteiger partial charge in [0.1, 0.15) is 0 Å². The third-order valence-corrected chi connectivity index (χ3v) is 5.29. The summed E-state index contributed by atoms with van der Waals surface area (Å²) in [6, 6.07) is 6.31. The molecule has 136 valence electrons. The summed E-state index contributed by atoms with van der Waals surface area (Å²) in [5, 5.41) is 8.08. The maximum absolute atomic E-state index is 12.4. The summed E-state index contributed by atoms with van der Waals surface area (Å²) in [5.41, 5.74) is 6.03. The van der Waals surface area contributed by atoms with Crippen molar-refractivity contribution < 1.29 is 4.79 Å². The van der Waals surface area contributed by atoms with Crippen LogP contribution < -0.4 is 5.32 Å². The third kappa shape index (κ3) is 3.67. The number of benzene rings is 1. The number of carbonyl (C=O) groups is 1. The highest BCUT2D eigenvalue weighted by molar-refractivity contribution is 7.99. The number of amides is 1.